The predicted molar refractivity (Wildman–Crippen MR) is 72.2 cm³/mol. The summed E-state index contributed by atoms with van der Waals surface area (Å²) in [5.74, 6) is 0.179. The second kappa shape index (κ2) is 6.97. The molecule has 1 saturated heterocycles. The van der Waals surface area contributed by atoms with E-state index in [0.29, 0.717) is 0 Å². The minimum atomic E-state index is -3.72. The van der Waals surface area contributed by atoms with Crippen molar-refractivity contribution in [3.05, 3.63) is 35.9 Å². The van der Waals surface area contributed by atoms with E-state index >= 15 is 0 Å². The Morgan fingerprint density at radius 1 is 1.06 bits per heavy atom. The number of hydrogen-bond acceptors (Lipinski definition) is 3. The van der Waals surface area contributed by atoms with Crippen molar-refractivity contribution >= 4 is 35.5 Å². The van der Waals surface area contributed by atoms with Gasteiger partial charge in [-0.05, 0) is 25.0 Å². The van der Waals surface area contributed by atoms with Crippen LogP contribution >= 0.6 is 21.4 Å². The summed E-state index contributed by atoms with van der Waals surface area (Å²) in [6.07, 6.45) is 2.30. The number of carbonyl (C=O) groups excluding carboxylic acids is 1. The van der Waals surface area contributed by atoms with Crippen LogP contribution in [0.15, 0.2) is 30.3 Å². The maximum Gasteiger partial charge on any atom is 0.317 e. The van der Waals surface area contributed by atoms with E-state index in [0.717, 1.165) is 31.5 Å². The monoisotopic (exact) mass is 309 g/mol. The van der Waals surface area contributed by atoms with E-state index < -0.39 is 8.26 Å². The summed E-state index contributed by atoms with van der Waals surface area (Å²) in [6.45, 7) is 1.85. The lowest BCUT2D eigenvalue weighted by Crippen LogP contribution is -2.27. The fourth-order valence-electron chi connectivity index (χ4n) is 1.68. The summed E-state index contributed by atoms with van der Waals surface area (Å²) in [5.41, 5.74) is 0.810. The largest absolute Gasteiger partial charge is 0.339 e. The summed E-state index contributed by atoms with van der Waals surface area (Å²) in [4.78, 5) is 13.7. The molecule has 18 heavy (non-hydrogen) atoms. The van der Waals surface area contributed by atoms with Crippen molar-refractivity contribution in [1.82, 2.24) is 4.90 Å². The summed E-state index contributed by atoms with van der Waals surface area (Å²) in [5, 5.41) is 0. The lowest BCUT2D eigenvalue weighted by atomic mass is 10.2. The number of amides is 1. The number of carbonyl (C=O) groups is 1. The van der Waals surface area contributed by atoms with Crippen LogP contribution in [0.1, 0.15) is 23.2 Å². The van der Waals surface area contributed by atoms with Crippen LogP contribution in [0.4, 0.5) is 0 Å². The van der Waals surface area contributed by atoms with Crippen molar-refractivity contribution < 1.29 is 13.2 Å². The maximum absolute atomic E-state index is 11.8. The number of halogens is 2. The standard InChI is InChI=1S/C11H13NO.Cl2O2S/c13-11(12-8-4-5-9-12)10-6-2-1-3-7-10;1-5(2,3)4/h1-3,6-7H,4-5,8-9H2;. The Hall–Kier alpha value is -0.780. The van der Waals surface area contributed by atoms with Crippen LogP contribution in [0.5, 0.6) is 0 Å². The predicted octanol–water partition coefficient (Wildman–Crippen LogP) is 2.63. The number of rotatable bonds is 1. The number of likely N-dealkylation sites (tertiary alicyclic amines) is 1. The normalized spacial score (nSPS) is 14.9. The molecule has 1 aromatic carbocycles. The van der Waals surface area contributed by atoms with Gasteiger partial charge in [0, 0.05) is 40.0 Å². The zero-order valence-electron chi connectivity index (χ0n) is 9.55. The first-order valence-corrected chi connectivity index (χ1v) is 8.50. The molecule has 0 N–H and O–H groups in total. The Balaban J connectivity index is 0.000000280. The molecule has 0 aromatic heterocycles. The average Bonchev–Trinajstić information content (AvgIpc) is 2.80. The first kappa shape index (κ1) is 15.3. The molecule has 7 heteroatoms. The van der Waals surface area contributed by atoms with Gasteiger partial charge in [0.1, 0.15) is 0 Å². The van der Waals surface area contributed by atoms with Gasteiger partial charge in [0.25, 0.3) is 5.91 Å². The van der Waals surface area contributed by atoms with Crippen LogP contribution in [0, 0.1) is 0 Å². The van der Waals surface area contributed by atoms with Gasteiger partial charge in [-0.3, -0.25) is 4.79 Å². The molecule has 2 rings (SSSR count). The molecule has 100 valence electrons. The minimum Gasteiger partial charge on any atom is -0.339 e. The van der Waals surface area contributed by atoms with Crippen molar-refractivity contribution in [3.8, 4) is 0 Å². The Labute approximate surface area is 115 Å². The van der Waals surface area contributed by atoms with Crippen LogP contribution in [0.2, 0.25) is 0 Å². The highest BCUT2D eigenvalue weighted by Gasteiger charge is 2.18. The molecular formula is C11H13Cl2NO3S. The zero-order valence-corrected chi connectivity index (χ0v) is 11.9. The smallest absolute Gasteiger partial charge is 0.317 e. The molecule has 0 saturated carbocycles. The quantitative estimate of drug-likeness (QED) is 0.749. The highest BCUT2D eigenvalue weighted by Crippen LogP contribution is 2.12. The summed E-state index contributed by atoms with van der Waals surface area (Å²) in [7, 11) is 4.81. The first-order valence-electron chi connectivity index (χ1n) is 5.36. The van der Waals surface area contributed by atoms with Crippen molar-refractivity contribution in [2.45, 2.75) is 12.8 Å². The molecule has 0 unspecified atom stereocenters. The molecule has 0 radical (unpaired) electrons. The molecule has 0 atom stereocenters. The van der Waals surface area contributed by atoms with Crippen LogP contribution in [0.3, 0.4) is 0 Å². The molecule has 1 aliphatic rings. The van der Waals surface area contributed by atoms with Crippen molar-refractivity contribution in [1.29, 1.82) is 0 Å². The van der Waals surface area contributed by atoms with Gasteiger partial charge < -0.3 is 4.90 Å². The molecular weight excluding hydrogens is 297 g/mol. The van der Waals surface area contributed by atoms with E-state index in [2.05, 4.69) is 21.4 Å². The molecule has 1 fully saturated rings. The second-order valence-corrected chi connectivity index (χ2v) is 7.41. The molecule has 0 aliphatic carbocycles. The molecule has 0 bridgehead atoms. The summed E-state index contributed by atoms with van der Waals surface area (Å²) < 4.78 is 18.3. The Morgan fingerprint density at radius 3 is 1.94 bits per heavy atom. The fraction of sp³-hybridized carbons (Fsp3) is 0.364. The molecule has 1 amide bonds. The lowest BCUT2D eigenvalue weighted by Gasteiger charge is -2.14. The lowest BCUT2D eigenvalue weighted by molar-refractivity contribution is 0.0793. The molecule has 1 aliphatic heterocycles. The molecule has 1 aromatic rings. The van der Waals surface area contributed by atoms with Crippen LogP contribution in [0.25, 0.3) is 0 Å². The summed E-state index contributed by atoms with van der Waals surface area (Å²) in [6, 6.07) is 9.49. The summed E-state index contributed by atoms with van der Waals surface area (Å²) >= 11 is 0. The SMILES string of the molecule is O=C(c1ccccc1)N1CCCC1.O=S(=O)(Cl)Cl. The van der Waals surface area contributed by atoms with Gasteiger partial charge in [-0.2, -0.15) is 8.42 Å². The van der Waals surface area contributed by atoms with Crippen molar-refractivity contribution in [2.24, 2.45) is 0 Å². The number of nitrogens with zero attached hydrogens (tertiary/aromatic N) is 1. The van der Waals surface area contributed by atoms with E-state index in [9.17, 15) is 4.79 Å². The number of benzene rings is 1. The van der Waals surface area contributed by atoms with Crippen LogP contribution < -0.4 is 0 Å². The highest BCUT2D eigenvalue weighted by atomic mass is 36.0. The Bertz CT molecular complexity index is 476. The Kier molecular flexibility index (Phi) is 5.91. The van der Waals surface area contributed by atoms with Gasteiger partial charge >= 0.3 is 8.26 Å². The van der Waals surface area contributed by atoms with Crippen molar-refractivity contribution in [2.75, 3.05) is 13.1 Å². The first-order chi connectivity index (χ1) is 8.38. The third kappa shape index (κ3) is 6.23. The minimum absolute atomic E-state index is 0.179. The van der Waals surface area contributed by atoms with Gasteiger partial charge in [0.15, 0.2) is 0 Å². The van der Waals surface area contributed by atoms with Gasteiger partial charge in [0.2, 0.25) is 0 Å². The third-order valence-electron chi connectivity index (χ3n) is 2.41. The van der Waals surface area contributed by atoms with Crippen LogP contribution in [-0.2, 0) is 8.26 Å². The van der Waals surface area contributed by atoms with E-state index in [-0.39, 0.29) is 5.91 Å². The second-order valence-electron chi connectivity index (χ2n) is 3.74. The van der Waals surface area contributed by atoms with Crippen LogP contribution in [-0.4, -0.2) is 32.3 Å². The fourth-order valence-corrected chi connectivity index (χ4v) is 1.68. The maximum atomic E-state index is 11.8. The van der Waals surface area contributed by atoms with Gasteiger partial charge in [-0.25, -0.2) is 0 Å². The Morgan fingerprint density at radius 2 is 1.50 bits per heavy atom. The molecule has 4 nitrogen and oxygen atoms in total. The van der Waals surface area contributed by atoms with E-state index in [1.807, 2.05) is 35.2 Å². The molecule has 0 spiro atoms. The zero-order chi connectivity index (χ0) is 13.6. The van der Waals surface area contributed by atoms with Gasteiger partial charge in [0.05, 0.1) is 0 Å². The average molecular weight is 310 g/mol. The van der Waals surface area contributed by atoms with E-state index in [4.69, 9.17) is 8.42 Å². The van der Waals surface area contributed by atoms with E-state index in [1.54, 1.807) is 0 Å². The third-order valence-corrected chi connectivity index (χ3v) is 2.41. The van der Waals surface area contributed by atoms with Gasteiger partial charge in [-0.15, -0.1) is 0 Å². The van der Waals surface area contributed by atoms with Gasteiger partial charge in [-0.1, -0.05) is 18.2 Å². The highest BCUT2D eigenvalue weighted by molar-refractivity contribution is 8.31. The topological polar surface area (TPSA) is 54.5 Å². The molecule has 1 heterocycles. The van der Waals surface area contributed by atoms with E-state index in [1.165, 1.54) is 0 Å². The number of hydrogen-bond donors (Lipinski definition) is 0. The van der Waals surface area contributed by atoms with Crippen molar-refractivity contribution in [3.63, 3.8) is 0 Å².